The Morgan fingerprint density at radius 3 is 2.24 bits per heavy atom. The van der Waals surface area contributed by atoms with Crippen LogP contribution in [-0.2, 0) is 9.47 Å². The SMILES string of the molecule is C=CCC(O)COCCOCCO.O=C(O)O. The molecule has 7 nitrogen and oxygen atoms in total. The fourth-order valence-corrected chi connectivity index (χ4v) is 0.764. The number of carboxylic acid groups (broad SMARTS) is 2. The zero-order chi connectivity index (χ0) is 13.5. The summed E-state index contributed by atoms with van der Waals surface area (Å²) in [4.78, 5) is 8.56. The fourth-order valence-electron chi connectivity index (χ4n) is 0.764. The van der Waals surface area contributed by atoms with Crippen molar-refractivity contribution in [2.45, 2.75) is 12.5 Å². The van der Waals surface area contributed by atoms with E-state index < -0.39 is 12.3 Å². The zero-order valence-electron chi connectivity index (χ0n) is 9.62. The Hall–Kier alpha value is -1.15. The average molecular weight is 252 g/mol. The summed E-state index contributed by atoms with van der Waals surface area (Å²) >= 11 is 0. The molecule has 0 aliphatic carbocycles. The van der Waals surface area contributed by atoms with Crippen LogP contribution in [0.4, 0.5) is 4.79 Å². The van der Waals surface area contributed by atoms with E-state index in [0.29, 0.717) is 32.8 Å². The number of aliphatic hydroxyl groups is 2. The fraction of sp³-hybridized carbons (Fsp3) is 0.700. The molecule has 0 aliphatic heterocycles. The van der Waals surface area contributed by atoms with Crippen LogP contribution in [-0.4, -0.2) is 65.7 Å². The number of carbonyl (C=O) groups is 1. The molecule has 0 heterocycles. The van der Waals surface area contributed by atoms with Gasteiger partial charge in [-0.1, -0.05) is 6.08 Å². The third-order valence-corrected chi connectivity index (χ3v) is 1.36. The average Bonchev–Trinajstić information content (AvgIpc) is 2.23. The monoisotopic (exact) mass is 252 g/mol. The van der Waals surface area contributed by atoms with Gasteiger partial charge in [0.05, 0.1) is 39.1 Å². The molecular formula is C10H20O7. The standard InChI is InChI=1S/C9H18O4.CH2O3/c1-2-3-9(11)8-13-7-6-12-5-4-10;2-1(3)4/h2,9-11H,1,3-8H2;(H2,2,3,4). The Kier molecular flexibility index (Phi) is 15.9. The quantitative estimate of drug-likeness (QED) is 0.341. The molecule has 7 heteroatoms. The Balaban J connectivity index is 0. The van der Waals surface area contributed by atoms with Crippen molar-refractivity contribution in [2.24, 2.45) is 0 Å². The Bertz CT molecular complexity index is 179. The molecule has 0 bridgehead atoms. The van der Waals surface area contributed by atoms with Gasteiger partial charge >= 0.3 is 6.16 Å². The third-order valence-electron chi connectivity index (χ3n) is 1.36. The molecular weight excluding hydrogens is 232 g/mol. The van der Waals surface area contributed by atoms with Crippen LogP contribution in [0, 0.1) is 0 Å². The molecule has 1 atom stereocenters. The summed E-state index contributed by atoms with van der Waals surface area (Å²) in [5.74, 6) is 0. The van der Waals surface area contributed by atoms with Gasteiger partial charge in [0.2, 0.25) is 0 Å². The molecule has 0 fully saturated rings. The molecule has 0 amide bonds. The molecule has 0 aromatic carbocycles. The topological polar surface area (TPSA) is 116 Å². The summed E-state index contributed by atoms with van der Waals surface area (Å²) in [5, 5.41) is 31.5. The van der Waals surface area contributed by atoms with Crippen LogP contribution in [0.1, 0.15) is 6.42 Å². The lowest BCUT2D eigenvalue weighted by atomic mass is 10.3. The van der Waals surface area contributed by atoms with Gasteiger partial charge in [-0.05, 0) is 6.42 Å². The van der Waals surface area contributed by atoms with E-state index in [0.717, 1.165) is 0 Å². The van der Waals surface area contributed by atoms with E-state index >= 15 is 0 Å². The van der Waals surface area contributed by atoms with Gasteiger partial charge in [0, 0.05) is 0 Å². The molecule has 0 aromatic heterocycles. The van der Waals surface area contributed by atoms with E-state index in [1.54, 1.807) is 6.08 Å². The van der Waals surface area contributed by atoms with Crippen molar-refractivity contribution in [3.63, 3.8) is 0 Å². The maximum atomic E-state index is 9.17. The normalized spacial score (nSPS) is 11.2. The van der Waals surface area contributed by atoms with Crippen molar-refractivity contribution in [1.29, 1.82) is 0 Å². The summed E-state index contributed by atoms with van der Waals surface area (Å²) in [5.41, 5.74) is 0. The van der Waals surface area contributed by atoms with Gasteiger partial charge in [0.25, 0.3) is 0 Å². The molecule has 0 aliphatic rings. The first-order valence-electron chi connectivity index (χ1n) is 5.01. The lowest BCUT2D eigenvalue weighted by Gasteiger charge is -2.08. The number of hydrogen-bond donors (Lipinski definition) is 4. The van der Waals surface area contributed by atoms with Crippen LogP contribution in [0.5, 0.6) is 0 Å². The number of rotatable bonds is 9. The minimum Gasteiger partial charge on any atom is -0.450 e. The molecule has 102 valence electrons. The molecule has 0 aromatic rings. The molecule has 17 heavy (non-hydrogen) atoms. The van der Waals surface area contributed by atoms with Crippen LogP contribution in [0.2, 0.25) is 0 Å². The molecule has 0 spiro atoms. The van der Waals surface area contributed by atoms with Crippen molar-refractivity contribution in [3.8, 4) is 0 Å². The van der Waals surface area contributed by atoms with E-state index in [2.05, 4.69) is 6.58 Å². The molecule has 0 saturated carbocycles. The summed E-state index contributed by atoms with van der Waals surface area (Å²) in [6, 6.07) is 0. The maximum Gasteiger partial charge on any atom is 0.503 e. The van der Waals surface area contributed by atoms with Crippen LogP contribution in [0.15, 0.2) is 12.7 Å². The number of hydrogen-bond acceptors (Lipinski definition) is 5. The van der Waals surface area contributed by atoms with Crippen molar-refractivity contribution in [2.75, 3.05) is 33.0 Å². The highest BCUT2D eigenvalue weighted by Gasteiger charge is 2.00. The van der Waals surface area contributed by atoms with E-state index in [9.17, 15) is 5.11 Å². The highest BCUT2D eigenvalue weighted by Crippen LogP contribution is 1.92. The van der Waals surface area contributed by atoms with E-state index in [4.69, 9.17) is 29.6 Å². The lowest BCUT2D eigenvalue weighted by Crippen LogP contribution is -2.16. The second-order valence-corrected chi connectivity index (χ2v) is 2.87. The molecule has 1 unspecified atom stereocenters. The minimum atomic E-state index is -1.83. The molecule has 0 rings (SSSR count). The van der Waals surface area contributed by atoms with Gasteiger partial charge < -0.3 is 29.9 Å². The van der Waals surface area contributed by atoms with E-state index in [1.165, 1.54) is 0 Å². The smallest absolute Gasteiger partial charge is 0.450 e. The minimum absolute atomic E-state index is 0.0269. The first kappa shape index (κ1) is 18.2. The van der Waals surface area contributed by atoms with E-state index in [1.807, 2.05) is 0 Å². The summed E-state index contributed by atoms with van der Waals surface area (Å²) in [6.07, 6.45) is -0.122. The summed E-state index contributed by atoms with van der Waals surface area (Å²) < 4.78 is 10.0. The lowest BCUT2D eigenvalue weighted by molar-refractivity contribution is -0.000995. The van der Waals surface area contributed by atoms with Crippen molar-refractivity contribution in [3.05, 3.63) is 12.7 Å². The van der Waals surface area contributed by atoms with Gasteiger partial charge in [-0.3, -0.25) is 0 Å². The van der Waals surface area contributed by atoms with Crippen molar-refractivity contribution < 1.29 is 34.7 Å². The van der Waals surface area contributed by atoms with Crippen molar-refractivity contribution >= 4 is 6.16 Å². The second-order valence-electron chi connectivity index (χ2n) is 2.87. The summed E-state index contributed by atoms with van der Waals surface area (Å²) in [7, 11) is 0. The highest BCUT2D eigenvalue weighted by molar-refractivity contribution is 5.53. The first-order chi connectivity index (χ1) is 8.04. The summed E-state index contributed by atoms with van der Waals surface area (Å²) in [6.45, 7) is 5.04. The first-order valence-corrected chi connectivity index (χ1v) is 5.01. The highest BCUT2D eigenvalue weighted by atomic mass is 16.6. The van der Waals surface area contributed by atoms with Crippen LogP contribution in [0.25, 0.3) is 0 Å². The number of aliphatic hydroxyl groups excluding tert-OH is 2. The molecule has 0 saturated heterocycles. The Morgan fingerprint density at radius 2 is 1.76 bits per heavy atom. The van der Waals surface area contributed by atoms with Gasteiger partial charge in [-0.2, -0.15) is 0 Å². The second kappa shape index (κ2) is 14.8. The maximum absolute atomic E-state index is 9.17. The van der Waals surface area contributed by atoms with Gasteiger partial charge in [-0.25, -0.2) is 4.79 Å². The Morgan fingerprint density at radius 1 is 1.24 bits per heavy atom. The predicted octanol–water partition coefficient (Wildman–Crippen LogP) is 0.171. The van der Waals surface area contributed by atoms with Crippen LogP contribution in [0.3, 0.4) is 0 Å². The van der Waals surface area contributed by atoms with E-state index in [-0.39, 0.29) is 6.61 Å². The number of ether oxygens (including phenoxy) is 2. The third kappa shape index (κ3) is 25.3. The predicted molar refractivity (Wildman–Crippen MR) is 60.2 cm³/mol. The molecule has 4 N–H and O–H groups in total. The van der Waals surface area contributed by atoms with Gasteiger partial charge in [0.15, 0.2) is 0 Å². The van der Waals surface area contributed by atoms with Gasteiger partial charge in [-0.15, -0.1) is 6.58 Å². The van der Waals surface area contributed by atoms with Gasteiger partial charge in [0.1, 0.15) is 0 Å². The zero-order valence-corrected chi connectivity index (χ0v) is 9.62. The van der Waals surface area contributed by atoms with Crippen LogP contribution < -0.4 is 0 Å². The Labute approximate surface area is 99.9 Å². The largest absolute Gasteiger partial charge is 0.503 e. The molecule has 0 radical (unpaired) electrons. The van der Waals surface area contributed by atoms with Crippen molar-refractivity contribution in [1.82, 2.24) is 0 Å². The van der Waals surface area contributed by atoms with Crippen LogP contribution >= 0.6 is 0 Å².